The summed E-state index contributed by atoms with van der Waals surface area (Å²) in [5.41, 5.74) is 27.9. The van der Waals surface area contributed by atoms with Crippen molar-refractivity contribution < 1.29 is 0 Å². The van der Waals surface area contributed by atoms with Crippen molar-refractivity contribution >= 4 is 38.9 Å². The van der Waals surface area contributed by atoms with Crippen LogP contribution in [0.3, 0.4) is 0 Å². The molecule has 1 aliphatic heterocycles. The Balaban J connectivity index is 0.986. The molecule has 0 N–H and O–H groups in total. The van der Waals surface area contributed by atoms with Gasteiger partial charge in [-0.2, -0.15) is 0 Å². The maximum Gasteiger partial charge on any atom is 0.0755 e. The maximum atomic E-state index is 2.66. The number of anilines is 3. The second-order valence-electron chi connectivity index (χ2n) is 22.9. The highest BCUT2D eigenvalue weighted by Gasteiger charge is 2.53. The van der Waals surface area contributed by atoms with E-state index < -0.39 is 16.2 Å². The Morgan fingerprint density at radius 2 is 0.651 bits per heavy atom. The number of rotatable bonds is 7. The molecule has 4 aliphatic rings. The second kappa shape index (κ2) is 17.2. The predicted molar refractivity (Wildman–Crippen MR) is 341 cm³/mol. The summed E-state index contributed by atoms with van der Waals surface area (Å²) in [6, 6.07) is 119. The van der Waals surface area contributed by atoms with Gasteiger partial charge in [0.05, 0.1) is 44.3 Å². The summed E-state index contributed by atoms with van der Waals surface area (Å²) in [5.74, 6) is 0. The van der Waals surface area contributed by atoms with E-state index in [-0.39, 0.29) is 0 Å². The van der Waals surface area contributed by atoms with Crippen LogP contribution in [0.25, 0.3) is 60.9 Å². The van der Waals surface area contributed by atoms with Crippen LogP contribution in [0.2, 0.25) is 0 Å². The highest BCUT2D eigenvalue weighted by atomic mass is 15.2. The van der Waals surface area contributed by atoms with Gasteiger partial charge in [-0.05, 0) is 125 Å². The van der Waals surface area contributed by atoms with Gasteiger partial charge in [-0.15, -0.1) is 0 Å². The molecule has 1 aromatic heterocycles. The number of benzene rings is 13. The van der Waals surface area contributed by atoms with Gasteiger partial charge < -0.3 is 9.47 Å². The zero-order chi connectivity index (χ0) is 54.4. The summed E-state index contributed by atoms with van der Waals surface area (Å²) in [6.07, 6.45) is 0. The van der Waals surface area contributed by atoms with Gasteiger partial charge in [0.25, 0.3) is 0 Å². The molecule has 0 saturated carbocycles. The molecular formula is C81H52N2. The van der Waals surface area contributed by atoms with Crippen LogP contribution in [0, 0.1) is 0 Å². The van der Waals surface area contributed by atoms with Gasteiger partial charge >= 0.3 is 0 Å². The number of hydrogen-bond acceptors (Lipinski definition) is 1. The summed E-state index contributed by atoms with van der Waals surface area (Å²) in [5, 5.41) is 2.54. The van der Waals surface area contributed by atoms with Crippen molar-refractivity contribution in [3.8, 4) is 39.1 Å². The number of aromatic nitrogens is 1. The minimum atomic E-state index is -0.648. The molecule has 386 valence electrons. The highest BCUT2D eigenvalue weighted by Crippen LogP contribution is 2.66. The molecule has 1 spiro atoms. The number of hydrogen-bond donors (Lipinski definition) is 0. The largest absolute Gasteiger partial charge is 0.309 e. The lowest BCUT2D eigenvalue weighted by Gasteiger charge is -2.40. The lowest BCUT2D eigenvalue weighted by molar-refractivity contribution is 0.748. The quantitative estimate of drug-likeness (QED) is 0.154. The molecule has 2 heterocycles. The zero-order valence-corrected chi connectivity index (χ0v) is 45.4. The molecule has 18 rings (SSSR count). The molecule has 0 bridgehead atoms. The van der Waals surface area contributed by atoms with Crippen molar-refractivity contribution in [2.24, 2.45) is 0 Å². The van der Waals surface area contributed by atoms with Gasteiger partial charge in [0.15, 0.2) is 0 Å². The smallest absolute Gasteiger partial charge is 0.0755 e. The van der Waals surface area contributed by atoms with Crippen molar-refractivity contribution in [1.29, 1.82) is 0 Å². The topological polar surface area (TPSA) is 8.17 Å². The Bertz CT molecular complexity index is 4900. The van der Waals surface area contributed by atoms with E-state index in [1.165, 1.54) is 128 Å². The first-order valence-corrected chi connectivity index (χ1v) is 29.1. The van der Waals surface area contributed by atoms with E-state index in [4.69, 9.17) is 0 Å². The third-order valence-electron chi connectivity index (χ3n) is 19.3. The average Bonchev–Trinajstić information content (AvgIpc) is 2.14. The fourth-order valence-electron chi connectivity index (χ4n) is 16.4. The molecule has 1 atom stereocenters. The van der Waals surface area contributed by atoms with Gasteiger partial charge in [-0.25, -0.2) is 0 Å². The normalized spacial score (nSPS) is 15.7. The van der Waals surface area contributed by atoms with Gasteiger partial charge in [0.1, 0.15) is 0 Å². The molecule has 0 saturated heterocycles. The number of para-hydroxylation sites is 3. The van der Waals surface area contributed by atoms with Crippen LogP contribution < -0.4 is 4.90 Å². The van der Waals surface area contributed by atoms with Crippen LogP contribution in [0.5, 0.6) is 0 Å². The van der Waals surface area contributed by atoms with Gasteiger partial charge in [0, 0.05) is 27.6 Å². The highest BCUT2D eigenvalue weighted by molar-refractivity contribution is 6.13. The van der Waals surface area contributed by atoms with Crippen LogP contribution in [0.1, 0.15) is 66.8 Å². The molecular weight excluding hydrogens is 1000 g/mol. The van der Waals surface area contributed by atoms with E-state index in [1.54, 1.807) is 0 Å². The molecule has 0 fully saturated rings. The predicted octanol–water partition coefficient (Wildman–Crippen LogP) is 19.7. The van der Waals surface area contributed by atoms with Crippen LogP contribution in [0.15, 0.2) is 315 Å². The number of fused-ring (bicyclic) bond motifs is 18. The Morgan fingerprint density at radius 3 is 1.24 bits per heavy atom. The third-order valence-corrected chi connectivity index (χ3v) is 19.3. The summed E-state index contributed by atoms with van der Waals surface area (Å²) in [4.78, 5) is 2.66. The van der Waals surface area contributed by atoms with Crippen LogP contribution in [0.4, 0.5) is 17.1 Å². The standard InChI is InChI=1S/C81H52N2/c1-5-26-53(27-6-1)79(54-28-7-2-8-29-54)65-40-18-14-36-62(65)76-68(79)43-24-48-74(76)82(57-50-51-59-58-34-13-17-39-64(58)80(71(59)52-57,55-30-9-3-10-31-55)56-32-11-4-12-33-56)75-49-25-44-69-77(75)63-37-15-19-41-66(63)81(69)67-42-20-22-47-73(67)83-72-46-21-16-35-60(72)61-38-23-45-70(81)78(61)83/h1-52H. The number of nitrogens with zero attached hydrogens (tertiary/aromatic N) is 2. The molecule has 83 heavy (non-hydrogen) atoms. The van der Waals surface area contributed by atoms with Crippen molar-refractivity contribution in [3.05, 3.63) is 382 Å². The molecule has 14 aromatic rings. The lowest BCUT2D eigenvalue weighted by atomic mass is 9.65. The molecule has 13 aromatic carbocycles. The summed E-state index contributed by atoms with van der Waals surface area (Å²) in [7, 11) is 0. The first-order chi connectivity index (χ1) is 41.2. The van der Waals surface area contributed by atoms with Gasteiger partial charge in [-0.3, -0.25) is 0 Å². The Hall–Kier alpha value is -10.5. The fourth-order valence-corrected chi connectivity index (χ4v) is 16.4. The van der Waals surface area contributed by atoms with E-state index in [0.29, 0.717) is 0 Å². The lowest BCUT2D eigenvalue weighted by Crippen LogP contribution is -2.33. The second-order valence-corrected chi connectivity index (χ2v) is 22.9. The first-order valence-electron chi connectivity index (χ1n) is 29.1. The zero-order valence-electron chi connectivity index (χ0n) is 45.4. The third kappa shape index (κ3) is 5.82. The molecule has 2 heteroatoms. The van der Waals surface area contributed by atoms with E-state index in [2.05, 4.69) is 325 Å². The SMILES string of the molecule is c1ccc(C2(c3ccccc3)c3ccccc3-c3ccc(N(c4cccc5c4-c4ccccc4C5(c4ccccc4)c4ccccc4)c4cccc5c4-c4ccccc4C54c5ccccc5-n5c6ccccc6c6cccc4c65)cc32)cc1. The monoisotopic (exact) mass is 1050 g/mol. The molecule has 0 radical (unpaired) electrons. The van der Waals surface area contributed by atoms with Gasteiger partial charge in [-0.1, -0.05) is 279 Å². The minimum Gasteiger partial charge on any atom is -0.309 e. The minimum absolute atomic E-state index is 0.607. The summed E-state index contributed by atoms with van der Waals surface area (Å²) < 4.78 is 2.54. The Kier molecular flexibility index (Phi) is 9.60. The van der Waals surface area contributed by atoms with Crippen LogP contribution >= 0.6 is 0 Å². The Labute approximate surface area is 483 Å². The molecule has 3 aliphatic carbocycles. The first kappa shape index (κ1) is 46.2. The van der Waals surface area contributed by atoms with Gasteiger partial charge in [0.2, 0.25) is 0 Å². The van der Waals surface area contributed by atoms with E-state index in [1.807, 2.05) is 0 Å². The van der Waals surface area contributed by atoms with Crippen LogP contribution in [-0.4, -0.2) is 4.57 Å². The van der Waals surface area contributed by atoms with Crippen molar-refractivity contribution in [3.63, 3.8) is 0 Å². The van der Waals surface area contributed by atoms with E-state index in [0.717, 1.165) is 17.1 Å². The van der Waals surface area contributed by atoms with E-state index >= 15 is 0 Å². The average molecular weight is 1050 g/mol. The maximum absolute atomic E-state index is 2.66. The molecule has 1 unspecified atom stereocenters. The summed E-state index contributed by atoms with van der Waals surface area (Å²) in [6.45, 7) is 0. The van der Waals surface area contributed by atoms with Crippen molar-refractivity contribution in [1.82, 2.24) is 4.57 Å². The van der Waals surface area contributed by atoms with Crippen LogP contribution in [-0.2, 0) is 16.2 Å². The van der Waals surface area contributed by atoms with Crippen molar-refractivity contribution in [2.45, 2.75) is 16.2 Å². The van der Waals surface area contributed by atoms with Crippen molar-refractivity contribution in [2.75, 3.05) is 4.90 Å². The fraction of sp³-hybridized carbons (Fsp3) is 0.0370. The van der Waals surface area contributed by atoms with E-state index in [9.17, 15) is 0 Å². The summed E-state index contributed by atoms with van der Waals surface area (Å²) >= 11 is 0. The Morgan fingerprint density at radius 1 is 0.253 bits per heavy atom. The molecule has 0 amide bonds. The molecule has 2 nitrogen and oxygen atoms in total.